The number of rotatable bonds is 3. The van der Waals surface area contributed by atoms with Gasteiger partial charge in [0.2, 0.25) is 0 Å². The van der Waals surface area contributed by atoms with E-state index in [1.807, 2.05) is 0 Å². The van der Waals surface area contributed by atoms with Gasteiger partial charge >= 0.3 is 0 Å². The van der Waals surface area contributed by atoms with E-state index >= 15 is 0 Å². The molecular weight excluding hydrogens is 364 g/mol. The normalized spacial score (nSPS) is 13.3. The van der Waals surface area contributed by atoms with E-state index < -0.39 is 0 Å². The molecule has 0 spiro atoms. The minimum absolute atomic E-state index is 0.940. The van der Waals surface area contributed by atoms with Crippen LogP contribution in [-0.4, -0.2) is 47.2 Å². The number of fused-ring (bicyclic) bond motifs is 1. The number of hydrogen-bond acceptors (Lipinski definition) is 4. The summed E-state index contributed by atoms with van der Waals surface area (Å²) in [5, 5.41) is 0. The van der Waals surface area contributed by atoms with Gasteiger partial charge in [0, 0.05) is 31.9 Å². The maximum Gasteiger partial charge on any atom is 0.199 e. The summed E-state index contributed by atoms with van der Waals surface area (Å²) in [7, 11) is 8.23. The third kappa shape index (κ3) is 3.53. The Morgan fingerprint density at radius 3 is 2.11 bits per heavy atom. The zero-order valence-corrected chi connectivity index (χ0v) is 17.4. The van der Waals surface area contributed by atoms with Crippen LogP contribution in [0, 0.1) is 0 Å². The Balaban J connectivity index is 1.88. The Bertz CT molecular complexity index is 1120. The Hall–Kier alpha value is -3.05. The summed E-state index contributed by atoms with van der Waals surface area (Å²) < 4.78 is 10.9. The number of hydrogen-bond donors (Lipinski definition) is 0. The molecule has 0 radical (unpaired) electrons. The highest BCUT2D eigenvalue weighted by Gasteiger charge is 2.14. The van der Waals surface area contributed by atoms with Gasteiger partial charge in [-0.05, 0) is 58.7 Å². The van der Waals surface area contributed by atoms with Crippen molar-refractivity contribution in [2.24, 2.45) is 0 Å². The number of aromatic nitrogens is 2. The fourth-order valence-electron chi connectivity index (χ4n) is 3.29. The van der Waals surface area contributed by atoms with E-state index in [1.54, 1.807) is 0 Å². The van der Waals surface area contributed by atoms with Crippen LogP contribution < -0.4 is 4.90 Å². The van der Waals surface area contributed by atoms with E-state index in [0.29, 0.717) is 0 Å². The van der Waals surface area contributed by atoms with E-state index in [4.69, 9.17) is 0 Å². The SMILES string of the molecule is CN(C)c1ccc(C(=C2C=CC(=[N+](C)C)C=C2)c2ccc3nsnc3c2)cc1. The molecule has 4 rings (SSSR count). The molecule has 0 saturated carbocycles. The van der Waals surface area contributed by atoms with Crippen LogP contribution in [0.2, 0.25) is 0 Å². The van der Waals surface area contributed by atoms with E-state index in [-0.39, 0.29) is 0 Å². The summed E-state index contributed by atoms with van der Waals surface area (Å²) in [5.74, 6) is 0. The topological polar surface area (TPSA) is 32.0 Å². The molecule has 3 aromatic rings. The molecule has 0 fully saturated rings. The van der Waals surface area contributed by atoms with Gasteiger partial charge in [-0.1, -0.05) is 18.2 Å². The van der Waals surface area contributed by atoms with Crippen LogP contribution in [0.1, 0.15) is 11.1 Å². The van der Waals surface area contributed by atoms with Gasteiger partial charge in [0.15, 0.2) is 5.71 Å². The monoisotopic (exact) mass is 387 g/mol. The molecule has 0 atom stereocenters. The van der Waals surface area contributed by atoms with Gasteiger partial charge in [-0.25, -0.2) is 4.58 Å². The predicted octanol–water partition coefficient (Wildman–Crippen LogP) is 4.40. The molecule has 5 heteroatoms. The zero-order valence-electron chi connectivity index (χ0n) is 16.5. The van der Waals surface area contributed by atoms with Gasteiger partial charge < -0.3 is 4.90 Å². The molecule has 0 aliphatic heterocycles. The molecule has 1 aliphatic carbocycles. The van der Waals surface area contributed by atoms with Crippen LogP contribution in [0.25, 0.3) is 16.6 Å². The Kier molecular flexibility index (Phi) is 4.92. The lowest BCUT2D eigenvalue weighted by atomic mass is 9.90. The number of benzene rings is 2. The zero-order chi connectivity index (χ0) is 19.7. The summed E-state index contributed by atoms with van der Waals surface area (Å²) in [5.41, 5.74) is 8.97. The maximum atomic E-state index is 4.43. The van der Waals surface area contributed by atoms with Gasteiger partial charge in [-0.3, -0.25) is 0 Å². The molecule has 4 nitrogen and oxygen atoms in total. The summed E-state index contributed by atoms with van der Waals surface area (Å²) >= 11 is 1.25. The highest BCUT2D eigenvalue weighted by Crippen LogP contribution is 2.32. The lowest BCUT2D eigenvalue weighted by Crippen LogP contribution is -2.10. The Labute approximate surface area is 169 Å². The Morgan fingerprint density at radius 1 is 0.821 bits per heavy atom. The molecule has 0 saturated heterocycles. The van der Waals surface area contributed by atoms with Crippen molar-refractivity contribution >= 4 is 39.7 Å². The second-order valence-corrected chi connectivity index (χ2v) is 7.75. The minimum Gasteiger partial charge on any atom is -0.378 e. The molecule has 1 aliphatic rings. The van der Waals surface area contributed by atoms with Crippen molar-refractivity contribution in [3.63, 3.8) is 0 Å². The first kappa shape index (κ1) is 18.3. The van der Waals surface area contributed by atoms with Crippen molar-refractivity contribution in [1.82, 2.24) is 8.75 Å². The first-order chi connectivity index (χ1) is 13.5. The first-order valence-corrected chi connectivity index (χ1v) is 9.91. The van der Waals surface area contributed by atoms with Crippen LogP contribution in [-0.2, 0) is 0 Å². The lowest BCUT2D eigenvalue weighted by molar-refractivity contribution is -0.462. The van der Waals surface area contributed by atoms with Gasteiger partial charge in [0.25, 0.3) is 0 Å². The van der Waals surface area contributed by atoms with E-state index in [2.05, 4.69) is 113 Å². The average Bonchev–Trinajstić information content (AvgIpc) is 3.17. The van der Waals surface area contributed by atoms with Crippen molar-refractivity contribution in [2.75, 3.05) is 33.1 Å². The first-order valence-electron chi connectivity index (χ1n) is 9.18. The largest absolute Gasteiger partial charge is 0.378 e. The van der Waals surface area contributed by atoms with Crippen molar-refractivity contribution in [1.29, 1.82) is 0 Å². The second-order valence-electron chi connectivity index (χ2n) is 7.23. The van der Waals surface area contributed by atoms with Crippen molar-refractivity contribution < 1.29 is 4.58 Å². The van der Waals surface area contributed by atoms with Gasteiger partial charge in [-0.15, -0.1) is 0 Å². The fourth-order valence-corrected chi connectivity index (χ4v) is 3.81. The molecule has 0 bridgehead atoms. The molecule has 0 N–H and O–H groups in total. The van der Waals surface area contributed by atoms with E-state index in [0.717, 1.165) is 16.6 Å². The average molecular weight is 388 g/mol. The molecule has 0 amide bonds. The van der Waals surface area contributed by atoms with Gasteiger partial charge in [-0.2, -0.15) is 8.75 Å². The number of anilines is 1. The molecule has 1 aromatic heterocycles. The van der Waals surface area contributed by atoms with Crippen LogP contribution in [0.5, 0.6) is 0 Å². The Morgan fingerprint density at radius 2 is 1.46 bits per heavy atom. The molecule has 2 aromatic carbocycles. The number of allylic oxidation sites excluding steroid dienone is 5. The van der Waals surface area contributed by atoms with Crippen molar-refractivity contribution in [3.05, 3.63) is 83.5 Å². The summed E-state index contributed by atoms with van der Waals surface area (Å²) in [6.07, 6.45) is 8.70. The van der Waals surface area contributed by atoms with E-state index in [1.165, 1.54) is 39.8 Å². The van der Waals surface area contributed by atoms with Crippen molar-refractivity contribution in [3.8, 4) is 0 Å². The molecular formula is C23H23N4S+. The number of nitrogens with zero attached hydrogens (tertiary/aromatic N) is 4. The standard InChI is InChI=1S/C23H23N4S/c1-26(2)19-10-5-16(6-11-19)23(17-7-12-20(13-8-17)27(3)4)18-9-14-21-22(15-18)25-28-24-21/h5-15H,1-4H3/q+1. The summed E-state index contributed by atoms with van der Waals surface area (Å²) in [6, 6.07) is 15.0. The smallest absolute Gasteiger partial charge is 0.199 e. The molecule has 140 valence electrons. The second kappa shape index (κ2) is 7.52. The fraction of sp³-hybridized carbons (Fsp3) is 0.174. The van der Waals surface area contributed by atoms with Crippen molar-refractivity contribution in [2.45, 2.75) is 0 Å². The van der Waals surface area contributed by atoms with Crippen LogP contribution in [0.15, 0.2) is 72.3 Å². The molecule has 1 heterocycles. The third-order valence-corrected chi connectivity index (χ3v) is 5.44. The van der Waals surface area contributed by atoms with Crippen LogP contribution >= 0.6 is 11.7 Å². The quantitative estimate of drug-likeness (QED) is 0.625. The predicted molar refractivity (Wildman–Crippen MR) is 120 cm³/mol. The van der Waals surface area contributed by atoms with Gasteiger partial charge in [0.1, 0.15) is 25.1 Å². The summed E-state index contributed by atoms with van der Waals surface area (Å²) in [6.45, 7) is 0. The molecule has 0 unspecified atom stereocenters. The van der Waals surface area contributed by atoms with Gasteiger partial charge in [0.05, 0.1) is 11.7 Å². The highest BCUT2D eigenvalue weighted by atomic mass is 32.1. The lowest BCUT2D eigenvalue weighted by Gasteiger charge is -2.16. The van der Waals surface area contributed by atoms with Crippen LogP contribution in [0.4, 0.5) is 5.69 Å². The summed E-state index contributed by atoms with van der Waals surface area (Å²) in [4.78, 5) is 2.11. The maximum absolute atomic E-state index is 4.43. The molecule has 28 heavy (non-hydrogen) atoms. The van der Waals surface area contributed by atoms with E-state index in [9.17, 15) is 0 Å². The third-order valence-electron chi connectivity index (χ3n) is 4.89. The highest BCUT2D eigenvalue weighted by molar-refractivity contribution is 7.00. The minimum atomic E-state index is 0.940. The van der Waals surface area contributed by atoms with Crippen LogP contribution in [0.3, 0.4) is 0 Å².